The van der Waals surface area contributed by atoms with Gasteiger partial charge in [-0.2, -0.15) is 9.40 Å². The summed E-state index contributed by atoms with van der Waals surface area (Å²) in [5.41, 5.74) is 2.35. The fourth-order valence-electron chi connectivity index (χ4n) is 3.06. The van der Waals surface area contributed by atoms with Crippen molar-refractivity contribution in [1.29, 1.82) is 0 Å². The zero-order valence-corrected chi connectivity index (χ0v) is 14.6. The van der Waals surface area contributed by atoms with Gasteiger partial charge in [-0.05, 0) is 33.3 Å². The fourth-order valence-corrected chi connectivity index (χ4v) is 4.76. The van der Waals surface area contributed by atoms with Gasteiger partial charge in [0.15, 0.2) is 0 Å². The van der Waals surface area contributed by atoms with Gasteiger partial charge in [0, 0.05) is 43.6 Å². The van der Waals surface area contributed by atoms with Gasteiger partial charge < -0.3 is 0 Å². The molecule has 0 N–H and O–H groups in total. The molecular formula is C15H21N5O2S. The highest BCUT2D eigenvalue weighted by molar-refractivity contribution is 7.89. The molecule has 1 saturated heterocycles. The van der Waals surface area contributed by atoms with Crippen LogP contribution >= 0.6 is 0 Å². The molecule has 2 aromatic rings. The summed E-state index contributed by atoms with van der Waals surface area (Å²) in [5.74, 6) is 0.781. The Hall–Kier alpha value is -1.80. The lowest BCUT2D eigenvalue weighted by molar-refractivity contribution is 0.470. The van der Waals surface area contributed by atoms with Crippen LogP contribution in [0.25, 0.3) is 0 Å². The normalized spacial score (nSPS) is 19.4. The lowest BCUT2D eigenvalue weighted by Gasteiger charge is -2.16. The van der Waals surface area contributed by atoms with E-state index in [1.807, 2.05) is 19.9 Å². The second-order valence-electron chi connectivity index (χ2n) is 6.11. The molecule has 1 atom stereocenters. The molecule has 8 heteroatoms. The Morgan fingerprint density at radius 1 is 1.17 bits per heavy atom. The van der Waals surface area contributed by atoms with E-state index in [1.165, 1.54) is 8.99 Å². The molecule has 23 heavy (non-hydrogen) atoms. The predicted molar refractivity (Wildman–Crippen MR) is 85.6 cm³/mol. The van der Waals surface area contributed by atoms with E-state index in [0.29, 0.717) is 18.8 Å². The molecular weight excluding hydrogens is 314 g/mol. The molecule has 1 aliphatic rings. The van der Waals surface area contributed by atoms with E-state index < -0.39 is 10.0 Å². The minimum Gasteiger partial charge on any atom is -0.274 e. The van der Waals surface area contributed by atoms with Crippen LogP contribution in [-0.2, 0) is 17.1 Å². The van der Waals surface area contributed by atoms with Crippen molar-refractivity contribution in [2.24, 2.45) is 7.05 Å². The summed E-state index contributed by atoms with van der Waals surface area (Å²) in [7, 11) is -1.79. The Morgan fingerprint density at radius 2 is 1.83 bits per heavy atom. The van der Waals surface area contributed by atoms with Crippen LogP contribution < -0.4 is 0 Å². The summed E-state index contributed by atoms with van der Waals surface area (Å²) in [5, 5.41) is 4.14. The van der Waals surface area contributed by atoms with E-state index in [0.717, 1.165) is 23.6 Å². The van der Waals surface area contributed by atoms with Crippen LogP contribution in [0, 0.1) is 20.8 Å². The van der Waals surface area contributed by atoms with Gasteiger partial charge in [-0.1, -0.05) is 0 Å². The van der Waals surface area contributed by atoms with Crippen molar-refractivity contribution < 1.29 is 8.42 Å². The number of aromatic nitrogens is 4. The molecule has 0 amide bonds. The van der Waals surface area contributed by atoms with E-state index >= 15 is 0 Å². The minimum absolute atomic E-state index is 0.0420. The third-order valence-electron chi connectivity index (χ3n) is 4.10. The van der Waals surface area contributed by atoms with Crippen LogP contribution in [0.1, 0.15) is 35.2 Å². The Kier molecular flexibility index (Phi) is 3.97. The molecule has 0 radical (unpaired) electrons. The highest BCUT2D eigenvalue weighted by Gasteiger charge is 2.36. The second kappa shape index (κ2) is 5.68. The first-order valence-corrected chi connectivity index (χ1v) is 9.04. The van der Waals surface area contributed by atoms with Crippen LogP contribution in [0.3, 0.4) is 0 Å². The minimum atomic E-state index is -3.52. The number of hydrogen-bond donors (Lipinski definition) is 0. The lowest BCUT2D eigenvalue weighted by Crippen LogP contribution is -2.29. The monoisotopic (exact) mass is 335 g/mol. The Labute approximate surface area is 136 Å². The van der Waals surface area contributed by atoms with Crippen molar-refractivity contribution in [3.05, 3.63) is 35.2 Å². The third-order valence-corrected chi connectivity index (χ3v) is 6.07. The predicted octanol–water partition coefficient (Wildman–Crippen LogP) is 1.31. The van der Waals surface area contributed by atoms with Gasteiger partial charge in [0.25, 0.3) is 0 Å². The van der Waals surface area contributed by atoms with Crippen molar-refractivity contribution in [2.75, 3.05) is 13.1 Å². The first-order chi connectivity index (χ1) is 10.8. The van der Waals surface area contributed by atoms with Crippen molar-refractivity contribution in [3.63, 3.8) is 0 Å². The molecule has 3 rings (SSSR count). The van der Waals surface area contributed by atoms with Crippen LogP contribution in [0.4, 0.5) is 0 Å². The molecule has 2 aromatic heterocycles. The number of rotatable bonds is 3. The van der Waals surface area contributed by atoms with Gasteiger partial charge in [0.2, 0.25) is 10.0 Å². The van der Waals surface area contributed by atoms with Gasteiger partial charge >= 0.3 is 0 Å². The largest absolute Gasteiger partial charge is 0.274 e. The molecule has 7 nitrogen and oxygen atoms in total. The highest BCUT2D eigenvalue weighted by Crippen LogP contribution is 2.30. The Morgan fingerprint density at radius 3 is 2.39 bits per heavy atom. The van der Waals surface area contributed by atoms with E-state index in [-0.39, 0.29) is 10.8 Å². The molecule has 0 bridgehead atoms. The standard InChI is InChI=1S/C15H21N5O2S/c1-10-7-11(2)17-15(16-10)13-5-6-20(8-13)23(21,22)14-9-19(4)18-12(14)3/h7,9,13H,5-6,8H2,1-4H3/t13-/m0/s1. The zero-order valence-electron chi connectivity index (χ0n) is 13.8. The number of hydrogen-bond acceptors (Lipinski definition) is 5. The first kappa shape index (κ1) is 16.1. The van der Waals surface area contributed by atoms with E-state index in [1.54, 1.807) is 20.2 Å². The SMILES string of the molecule is Cc1cc(C)nc([C@H]2CCN(S(=O)(=O)c3cn(C)nc3C)C2)n1. The smallest absolute Gasteiger partial charge is 0.246 e. The van der Waals surface area contributed by atoms with Crippen LogP contribution in [0.5, 0.6) is 0 Å². The molecule has 1 fully saturated rings. The topological polar surface area (TPSA) is 81.0 Å². The van der Waals surface area contributed by atoms with Crippen LogP contribution in [0.15, 0.2) is 17.2 Å². The summed E-state index contributed by atoms with van der Waals surface area (Å²) in [6, 6.07) is 1.92. The molecule has 0 aliphatic carbocycles. The Bertz CT molecular complexity index is 823. The molecule has 3 heterocycles. The highest BCUT2D eigenvalue weighted by atomic mass is 32.2. The maximum Gasteiger partial charge on any atom is 0.246 e. The van der Waals surface area contributed by atoms with E-state index in [4.69, 9.17) is 0 Å². The Balaban J connectivity index is 1.86. The van der Waals surface area contributed by atoms with Gasteiger partial charge in [-0.15, -0.1) is 0 Å². The second-order valence-corrected chi connectivity index (χ2v) is 8.02. The summed E-state index contributed by atoms with van der Waals surface area (Å²) < 4.78 is 28.7. The molecule has 0 spiro atoms. The first-order valence-electron chi connectivity index (χ1n) is 7.60. The van der Waals surface area contributed by atoms with Gasteiger partial charge in [0.1, 0.15) is 10.7 Å². The van der Waals surface area contributed by atoms with Crippen molar-refractivity contribution in [2.45, 2.75) is 38.0 Å². The molecule has 0 unspecified atom stereocenters. The average molecular weight is 335 g/mol. The zero-order chi connectivity index (χ0) is 16.8. The summed E-state index contributed by atoms with van der Waals surface area (Å²) in [6.07, 6.45) is 2.30. The molecule has 1 aliphatic heterocycles. The average Bonchev–Trinajstić information content (AvgIpc) is 3.05. The maximum absolute atomic E-state index is 12.8. The van der Waals surface area contributed by atoms with Crippen molar-refractivity contribution >= 4 is 10.0 Å². The fraction of sp³-hybridized carbons (Fsp3) is 0.533. The van der Waals surface area contributed by atoms with Crippen molar-refractivity contribution in [1.82, 2.24) is 24.1 Å². The summed E-state index contributed by atoms with van der Waals surface area (Å²) >= 11 is 0. The number of sulfonamides is 1. The van der Waals surface area contributed by atoms with Gasteiger partial charge in [-0.25, -0.2) is 18.4 Å². The van der Waals surface area contributed by atoms with E-state index in [2.05, 4.69) is 15.1 Å². The number of nitrogens with zero attached hydrogens (tertiary/aromatic N) is 5. The summed E-state index contributed by atoms with van der Waals surface area (Å²) in [6.45, 7) is 6.48. The summed E-state index contributed by atoms with van der Waals surface area (Å²) in [4.78, 5) is 9.24. The van der Waals surface area contributed by atoms with Crippen molar-refractivity contribution in [3.8, 4) is 0 Å². The molecule has 124 valence electrons. The lowest BCUT2D eigenvalue weighted by atomic mass is 10.1. The van der Waals surface area contributed by atoms with E-state index in [9.17, 15) is 8.42 Å². The van der Waals surface area contributed by atoms with Gasteiger partial charge in [-0.3, -0.25) is 4.68 Å². The van der Waals surface area contributed by atoms with Crippen LogP contribution in [0.2, 0.25) is 0 Å². The third kappa shape index (κ3) is 3.00. The molecule has 0 saturated carbocycles. The number of aryl methyl sites for hydroxylation is 4. The van der Waals surface area contributed by atoms with Crippen LogP contribution in [-0.4, -0.2) is 45.6 Å². The quantitative estimate of drug-likeness (QED) is 0.845. The maximum atomic E-state index is 12.8. The molecule has 0 aromatic carbocycles. The van der Waals surface area contributed by atoms with Gasteiger partial charge in [0.05, 0.1) is 5.69 Å².